The lowest BCUT2D eigenvalue weighted by molar-refractivity contribution is -0.137. The number of benzene rings is 1. The van der Waals surface area contributed by atoms with Crippen LogP contribution in [-0.2, 0) is 12.7 Å². The predicted octanol–water partition coefficient (Wildman–Crippen LogP) is 4.39. The maximum atomic E-state index is 12.8. The van der Waals surface area contributed by atoms with Crippen LogP contribution < -0.4 is 4.90 Å². The van der Waals surface area contributed by atoms with Crippen molar-refractivity contribution in [1.29, 1.82) is 0 Å². The molecule has 1 saturated heterocycles. The summed E-state index contributed by atoms with van der Waals surface area (Å²) in [4.78, 5) is 8.45. The molecule has 1 aromatic carbocycles. The van der Waals surface area contributed by atoms with E-state index in [2.05, 4.69) is 37.0 Å². The van der Waals surface area contributed by atoms with Crippen LogP contribution in [0.1, 0.15) is 18.1 Å². The van der Waals surface area contributed by atoms with E-state index in [0.29, 0.717) is 12.4 Å². The minimum Gasteiger partial charge on any atom is -0.351 e. The fourth-order valence-electron chi connectivity index (χ4n) is 4.36. The van der Waals surface area contributed by atoms with E-state index < -0.39 is 11.7 Å². The molecule has 1 aliphatic heterocycles. The van der Waals surface area contributed by atoms with E-state index in [-0.39, 0.29) is 6.04 Å². The molecule has 1 fully saturated rings. The zero-order valence-electron chi connectivity index (χ0n) is 18.6. The van der Waals surface area contributed by atoms with Gasteiger partial charge in [0.05, 0.1) is 16.9 Å². The van der Waals surface area contributed by atoms with Crippen molar-refractivity contribution < 1.29 is 13.2 Å². The Kier molecular flexibility index (Phi) is 5.82. The number of rotatable bonds is 5. The quantitative estimate of drug-likeness (QED) is 0.472. The van der Waals surface area contributed by atoms with Gasteiger partial charge in [0, 0.05) is 68.1 Å². The summed E-state index contributed by atoms with van der Waals surface area (Å²) in [6.07, 6.45) is 2.09. The number of halogens is 3. The summed E-state index contributed by atoms with van der Waals surface area (Å²) in [6.45, 7) is 5.02. The molecule has 0 saturated carbocycles. The molecule has 4 aromatic rings. The van der Waals surface area contributed by atoms with Crippen LogP contribution in [-0.4, -0.2) is 55.5 Å². The van der Waals surface area contributed by atoms with E-state index in [4.69, 9.17) is 0 Å². The van der Waals surface area contributed by atoms with Crippen molar-refractivity contribution in [3.8, 4) is 16.9 Å². The van der Waals surface area contributed by atoms with Gasteiger partial charge in [-0.25, -0.2) is 9.67 Å². The van der Waals surface area contributed by atoms with Crippen LogP contribution in [0.15, 0.2) is 67.3 Å². The van der Waals surface area contributed by atoms with Crippen molar-refractivity contribution in [2.24, 2.45) is 0 Å². The van der Waals surface area contributed by atoms with Gasteiger partial charge in [-0.1, -0.05) is 12.1 Å². The number of alkyl halides is 3. The molecule has 176 valence electrons. The predicted molar refractivity (Wildman–Crippen MR) is 122 cm³/mol. The number of nitrogens with one attached hydrogen (secondary N) is 1. The lowest BCUT2D eigenvalue weighted by atomic mass is 10.1. The molecule has 0 amide bonds. The van der Waals surface area contributed by atoms with Crippen LogP contribution in [0, 0.1) is 0 Å². The van der Waals surface area contributed by atoms with Gasteiger partial charge in [-0.3, -0.25) is 10.00 Å². The SMILES string of the molecule is C[C@@H]1CN(Cc2c[nH]nc2-c2ccc(-n3cccn3)cc2)CCN1c1ccc(C(F)(F)F)cn1. The number of nitrogens with zero attached hydrogens (tertiary/aromatic N) is 6. The van der Waals surface area contributed by atoms with Gasteiger partial charge in [-0.05, 0) is 37.3 Å². The third kappa shape index (κ3) is 4.54. The highest BCUT2D eigenvalue weighted by Gasteiger charge is 2.32. The standard InChI is InChI=1S/C24H24F3N7/c1-17-15-32(11-12-33(17)22-8-5-20(14-28-22)24(25,26)27)16-19-13-29-31-23(19)18-3-6-21(7-4-18)34-10-2-9-30-34/h2-10,13-14,17H,11-12,15-16H2,1H3,(H,29,31)/t17-/m1/s1. The Morgan fingerprint density at radius 3 is 2.56 bits per heavy atom. The normalized spacial score (nSPS) is 17.3. The van der Waals surface area contributed by atoms with E-state index in [1.54, 1.807) is 6.20 Å². The third-order valence-electron chi connectivity index (χ3n) is 6.10. The van der Waals surface area contributed by atoms with Crippen molar-refractivity contribution >= 4 is 5.82 Å². The summed E-state index contributed by atoms with van der Waals surface area (Å²) < 4.78 is 40.3. The van der Waals surface area contributed by atoms with Crippen LogP contribution in [0.5, 0.6) is 0 Å². The Balaban J connectivity index is 1.24. The molecule has 0 aliphatic carbocycles. The average molecular weight is 467 g/mol. The highest BCUT2D eigenvalue weighted by molar-refractivity contribution is 5.64. The molecular formula is C24H24F3N7. The smallest absolute Gasteiger partial charge is 0.351 e. The van der Waals surface area contributed by atoms with Crippen LogP contribution in [0.25, 0.3) is 16.9 Å². The van der Waals surface area contributed by atoms with Crippen LogP contribution in [0.4, 0.5) is 19.0 Å². The first-order valence-electron chi connectivity index (χ1n) is 11.0. The number of hydrogen-bond donors (Lipinski definition) is 1. The highest BCUT2D eigenvalue weighted by Crippen LogP contribution is 2.30. The topological polar surface area (TPSA) is 65.9 Å². The van der Waals surface area contributed by atoms with Crippen LogP contribution >= 0.6 is 0 Å². The van der Waals surface area contributed by atoms with Crippen LogP contribution in [0.2, 0.25) is 0 Å². The van der Waals surface area contributed by atoms with E-state index >= 15 is 0 Å². The minimum atomic E-state index is -4.38. The summed E-state index contributed by atoms with van der Waals surface area (Å²) in [5, 5.41) is 11.7. The zero-order valence-corrected chi connectivity index (χ0v) is 18.6. The van der Waals surface area contributed by atoms with Gasteiger partial charge >= 0.3 is 6.18 Å². The lowest BCUT2D eigenvalue weighted by Gasteiger charge is -2.40. The molecule has 5 rings (SSSR count). The summed E-state index contributed by atoms with van der Waals surface area (Å²) in [5.74, 6) is 0.571. The first-order chi connectivity index (χ1) is 16.4. The second-order valence-corrected chi connectivity index (χ2v) is 8.44. The van der Waals surface area contributed by atoms with Gasteiger partial charge in [0.1, 0.15) is 5.82 Å². The molecule has 4 heterocycles. The highest BCUT2D eigenvalue weighted by atomic mass is 19.4. The third-order valence-corrected chi connectivity index (χ3v) is 6.10. The Bertz CT molecular complexity index is 1210. The largest absolute Gasteiger partial charge is 0.417 e. The van der Waals surface area contributed by atoms with E-state index in [9.17, 15) is 13.2 Å². The second-order valence-electron chi connectivity index (χ2n) is 8.44. The number of hydrogen-bond acceptors (Lipinski definition) is 5. The summed E-state index contributed by atoms with van der Waals surface area (Å²) in [5.41, 5.74) is 3.28. The molecule has 0 spiro atoms. The average Bonchev–Trinajstić information content (AvgIpc) is 3.51. The minimum absolute atomic E-state index is 0.113. The van der Waals surface area contributed by atoms with E-state index in [1.165, 1.54) is 6.07 Å². The molecule has 0 bridgehead atoms. The number of aromatic nitrogens is 5. The summed E-state index contributed by atoms with van der Waals surface area (Å²) in [7, 11) is 0. The number of anilines is 1. The maximum Gasteiger partial charge on any atom is 0.417 e. The summed E-state index contributed by atoms with van der Waals surface area (Å²) >= 11 is 0. The second kappa shape index (κ2) is 8.94. The molecule has 34 heavy (non-hydrogen) atoms. The number of pyridine rings is 1. The molecule has 1 atom stereocenters. The van der Waals surface area contributed by atoms with Gasteiger partial charge in [-0.15, -0.1) is 0 Å². The maximum absolute atomic E-state index is 12.8. The number of aromatic amines is 1. The molecule has 0 unspecified atom stereocenters. The lowest BCUT2D eigenvalue weighted by Crippen LogP contribution is -2.51. The van der Waals surface area contributed by atoms with Gasteiger partial charge in [0.2, 0.25) is 0 Å². The van der Waals surface area contributed by atoms with E-state index in [1.807, 2.05) is 47.4 Å². The zero-order chi connectivity index (χ0) is 23.7. The summed E-state index contributed by atoms with van der Waals surface area (Å²) in [6, 6.07) is 12.6. The molecule has 0 radical (unpaired) electrons. The Morgan fingerprint density at radius 1 is 1.09 bits per heavy atom. The fourth-order valence-corrected chi connectivity index (χ4v) is 4.36. The molecule has 1 aliphatic rings. The molecule has 10 heteroatoms. The van der Waals surface area contributed by atoms with Gasteiger partial charge < -0.3 is 4.90 Å². The van der Waals surface area contributed by atoms with Crippen molar-refractivity contribution in [2.75, 3.05) is 24.5 Å². The Morgan fingerprint density at radius 2 is 1.91 bits per heavy atom. The number of piperazine rings is 1. The van der Waals surface area contributed by atoms with Gasteiger partial charge in [-0.2, -0.15) is 23.4 Å². The van der Waals surface area contributed by atoms with Crippen LogP contribution in [0.3, 0.4) is 0 Å². The van der Waals surface area contributed by atoms with Crippen molar-refractivity contribution in [3.05, 3.63) is 78.4 Å². The van der Waals surface area contributed by atoms with E-state index in [0.717, 1.165) is 54.4 Å². The Labute approximate surface area is 194 Å². The van der Waals surface area contributed by atoms with Crippen molar-refractivity contribution in [1.82, 2.24) is 29.9 Å². The first kappa shape index (κ1) is 22.1. The number of H-pyrrole nitrogens is 1. The molecule has 3 aromatic heterocycles. The molecule has 7 nitrogen and oxygen atoms in total. The van der Waals surface area contributed by atoms with Gasteiger partial charge in [0.25, 0.3) is 0 Å². The fraction of sp³-hybridized carbons (Fsp3) is 0.292. The molecule has 1 N–H and O–H groups in total. The monoisotopic (exact) mass is 467 g/mol. The van der Waals surface area contributed by atoms with Gasteiger partial charge in [0.15, 0.2) is 0 Å². The van der Waals surface area contributed by atoms with Crippen molar-refractivity contribution in [3.63, 3.8) is 0 Å². The Hall–Kier alpha value is -3.66. The van der Waals surface area contributed by atoms with Crippen molar-refractivity contribution in [2.45, 2.75) is 25.7 Å². The first-order valence-corrected chi connectivity index (χ1v) is 11.0. The molecular weight excluding hydrogens is 443 g/mol.